The summed E-state index contributed by atoms with van der Waals surface area (Å²) in [5, 5.41) is 2.86. The summed E-state index contributed by atoms with van der Waals surface area (Å²) in [4.78, 5) is 11.0. The van der Waals surface area contributed by atoms with Crippen LogP contribution in [0.25, 0.3) is 0 Å². The highest BCUT2D eigenvalue weighted by Crippen LogP contribution is 2.22. The lowest BCUT2D eigenvalue weighted by Gasteiger charge is -2.12. The number of amides is 1. The zero-order valence-corrected chi connectivity index (χ0v) is 8.67. The zero-order valence-electron chi connectivity index (χ0n) is 8.67. The topological polar surface area (TPSA) is 81.1 Å². The molecule has 0 aromatic heterocycles. The Balaban J connectivity index is 3.17. The molecule has 0 atom stereocenters. The lowest BCUT2D eigenvalue weighted by Crippen LogP contribution is -2.16. The molecule has 0 radical (unpaired) electrons. The SMILES string of the molecule is CC(C)Nc1cc(C(N)=O)c(N)cc1F. The molecule has 0 bridgehead atoms. The van der Waals surface area contributed by atoms with Crippen molar-refractivity contribution in [2.75, 3.05) is 11.1 Å². The Hall–Kier alpha value is -1.78. The number of halogens is 1. The number of carbonyl (C=O) groups is 1. The highest BCUT2D eigenvalue weighted by atomic mass is 19.1. The van der Waals surface area contributed by atoms with Gasteiger partial charge in [-0.1, -0.05) is 0 Å². The second kappa shape index (κ2) is 4.16. The zero-order chi connectivity index (χ0) is 11.6. The minimum absolute atomic E-state index is 0.0503. The van der Waals surface area contributed by atoms with Gasteiger partial charge in [-0.2, -0.15) is 0 Å². The van der Waals surface area contributed by atoms with Crippen LogP contribution in [0.3, 0.4) is 0 Å². The van der Waals surface area contributed by atoms with Crippen molar-refractivity contribution in [3.63, 3.8) is 0 Å². The van der Waals surface area contributed by atoms with Crippen molar-refractivity contribution in [3.8, 4) is 0 Å². The van der Waals surface area contributed by atoms with E-state index >= 15 is 0 Å². The van der Waals surface area contributed by atoms with Crippen LogP contribution in [0.2, 0.25) is 0 Å². The average molecular weight is 211 g/mol. The van der Waals surface area contributed by atoms with Crippen LogP contribution in [0, 0.1) is 5.82 Å². The van der Waals surface area contributed by atoms with Crippen molar-refractivity contribution in [1.82, 2.24) is 0 Å². The molecular formula is C10H14FN3O. The molecule has 4 nitrogen and oxygen atoms in total. The maximum atomic E-state index is 13.4. The van der Waals surface area contributed by atoms with Crippen molar-refractivity contribution in [1.29, 1.82) is 0 Å². The quantitative estimate of drug-likeness (QED) is 0.659. The largest absolute Gasteiger partial charge is 0.398 e. The van der Waals surface area contributed by atoms with E-state index in [2.05, 4.69) is 5.32 Å². The normalized spacial score (nSPS) is 10.4. The summed E-state index contributed by atoms with van der Waals surface area (Å²) in [7, 11) is 0. The standard InChI is InChI=1S/C10H14FN3O/c1-5(2)14-9-3-6(10(13)15)8(12)4-7(9)11/h3-5,14H,12H2,1-2H3,(H2,13,15). The molecule has 0 fully saturated rings. The van der Waals surface area contributed by atoms with Gasteiger partial charge in [-0.05, 0) is 26.0 Å². The van der Waals surface area contributed by atoms with Gasteiger partial charge in [0, 0.05) is 11.7 Å². The molecule has 15 heavy (non-hydrogen) atoms. The van der Waals surface area contributed by atoms with Crippen LogP contribution < -0.4 is 16.8 Å². The molecule has 0 saturated carbocycles. The molecule has 82 valence electrons. The maximum Gasteiger partial charge on any atom is 0.250 e. The molecule has 0 saturated heterocycles. The summed E-state index contributed by atoms with van der Waals surface area (Å²) in [5.74, 6) is -1.16. The molecule has 1 aromatic rings. The number of anilines is 2. The van der Waals surface area contributed by atoms with Crippen molar-refractivity contribution < 1.29 is 9.18 Å². The summed E-state index contributed by atoms with van der Waals surface area (Å²) >= 11 is 0. The molecule has 0 aliphatic rings. The van der Waals surface area contributed by atoms with E-state index in [9.17, 15) is 9.18 Å². The van der Waals surface area contributed by atoms with E-state index in [1.54, 1.807) is 0 Å². The molecule has 5 N–H and O–H groups in total. The van der Waals surface area contributed by atoms with Crippen LogP contribution in [0.5, 0.6) is 0 Å². The molecule has 0 unspecified atom stereocenters. The Bertz CT molecular complexity index is 390. The Kier molecular flexibility index (Phi) is 3.14. The van der Waals surface area contributed by atoms with E-state index in [0.717, 1.165) is 6.07 Å². The molecule has 0 aliphatic heterocycles. The average Bonchev–Trinajstić information content (AvgIpc) is 2.08. The van der Waals surface area contributed by atoms with E-state index in [-0.39, 0.29) is 23.0 Å². The lowest BCUT2D eigenvalue weighted by molar-refractivity contribution is 0.100. The highest BCUT2D eigenvalue weighted by Gasteiger charge is 2.12. The molecule has 0 heterocycles. The first kappa shape index (κ1) is 11.3. The minimum Gasteiger partial charge on any atom is -0.398 e. The number of nitrogens with one attached hydrogen (secondary N) is 1. The molecule has 1 rings (SSSR count). The number of hydrogen-bond donors (Lipinski definition) is 3. The van der Waals surface area contributed by atoms with Gasteiger partial charge in [0.1, 0.15) is 5.82 Å². The van der Waals surface area contributed by atoms with E-state index in [0.29, 0.717) is 0 Å². The molecule has 0 spiro atoms. The third kappa shape index (κ3) is 2.59. The van der Waals surface area contributed by atoms with Gasteiger partial charge in [0.25, 0.3) is 5.91 Å². The van der Waals surface area contributed by atoms with Gasteiger partial charge < -0.3 is 16.8 Å². The summed E-state index contributed by atoms with van der Waals surface area (Å²) in [6.07, 6.45) is 0. The molecular weight excluding hydrogens is 197 g/mol. The van der Waals surface area contributed by atoms with Gasteiger partial charge in [0.05, 0.1) is 11.3 Å². The Labute approximate surface area is 87.4 Å². The van der Waals surface area contributed by atoms with E-state index < -0.39 is 11.7 Å². The fourth-order valence-corrected chi connectivity index (χ4v) is 1.22. The summed E-state index contributed by atoms with van der Waals surface area (Å²) in [5.41, 5.74) is 11.0. The van der Waals surface area contributed by atoms with Crippen molar-refractivity contribution >= 4 is 17.3 Å². The van der Waals surface area contributed by atoms with Crippen LogP contribution >= 0.6 is 0 Å². The van der Waals surface area contributed by atoms with E-state index in [1.165, 1.54) is 6.07 Å². The fraction of sp³-hybridized carbons (Fsp3) is 0.300. The second-order valence-corrected chi connectivity index (χ2v) is 3.58. The third-order valence-corrected chi connectivity index (χ3v) is 1.85. The first-order chi connectivity index (χ1) is 6.91. The smallest absolute Gasteiger partial charge is 0.250 e. The molecule has 1 aromatic carbocycles. The summed E-state index contributed by atoms with van der Waals surface area (Å²) in [6, 6.07) is 2.47. The van der Waals surface area contributed by atoms with Gasteiger partial charge in [0.2, 0.25) is 0 Å². The number of hydrogen-bond acceptors (Lipinski definition) is 3. The second-order valence-electron chi connectivity index (χ2n) is 3.58. The van der Waals surface area contributed by atoms with Gasteiger partial charge in [-0.15, -0.1) is 0 Å². The van der Waals surface area contributed by atoms with Gasteiger partial charge >= 0.3 is 0 Å². The monoisotopic (exact) mass is 211 g/mol. The summed E-state index contributed by atoms with van der Waals surface area (Å²) < 4.78 is 13.4. The first-order valence-electron chi connectivity index (χ1n) is 4.57. The summed E-state index contributed by atoms with van der Waals surface area (Å²) in [6.45, 7) is 3.72. The molecule has 5 heteroatoms. The number of carbonyl (C=O) groups excluding carboxylic acids is 1. The van der Waals surface area contributed by atoms with Crippen LogP contribution in [0.1, 0.15) is 24.2 Å². The van der Waals surface area contributed by atoms with Crippen LogP contribution in [-0.2, 0) is 0 Å². The van der Waals surface area contributed by atoms with Crippen LogP contribution in [-0.4, -0.2) is 11.9 Å². The fourth-order valence-electron chi connectivity index (χ4n) is 1.22. The van der Waals surface area contributed by atoms with Crippen LogP contribution in [0.4, 0.5) is 15.8 Å². The Morgan fingerprint density at radius 3 is 2.53 bits per heavy atom. The lowest BCUT2D eigenvalue weighted by atomic mass is 10.1. The van der Waals surface area contributed by atoms with Crippen LogP contribution in [0.15, 0.2) is 12.1 Å². The van der Waals surface area contributed by atoms with E-state index in [4.69, 9.17) is 11.5 Å². The maximum absolute atomic E-state index is 13.4. The van der Waals surface area contributed by atoms with E-state index in [1.807, 2.05) is 13.8 Å². The predicted octanol–water partition coefficient (Wildman–Crippen LogP) is 1.33. The number of nitrogens with two attached hydrogens (primary N) is 2. The highest BCUT2D eigenvalue weighted by molar-refractivity contribution is 5.99. The number of primary amides is 1. The minimum atomic E-state index is -0.667. The Morgan fingerprint density at radius 1 is 1.47 bits per heavy atom. The van der Waals surface area contributed by atoms with Gasteiger partial charge in [-0.3, -0.25) is 4.79 Å². The number of nitrogen functional groups attached to an aromatic ring is 1. The number of benzene rings is 1. The third-order valence-electron chi connectivity index (χ3n) is 1.85. The first-order valence-corrected chi connectivity index (χ1v) is 4.57. The number of rotatable bonds is 3. The van der Waals surface area contributed by atoms with Gasteiger partial charge in [-0.25, -0.2) is 4.39 Å². The van der Waals surface area contributed by atoms with Gasteiger partial charge in [0.15, 0.2) is 0 Å². The molecule has 1 amide bonds. The molecule has 0 aliphatic carbocycles. The van der Waals surface area contributed by atoms with Crippen molar-refractivity contribution in [3.05, 3.63) is 23.5 Å². The Morgan fingerprint density at radius 2 is 2.07 bits per heavy atom. The predicted molar refractivity (Wildman–Crippen MR) is 58.1 cm³/mol. The van der Waals surface area contributed by atoms with Crippen molar-refractivity contribution in [2.45, 2.75) is 19.9 Å². The van der Waals surface area contributed by atoms with Crippen molar-refractivity contribution in [2.24, 2.45) is 5.73 Å².